The average Bonchev–Trinajstić information content (AvgIpc) is 3.42. The van der Waals surface area contributed by atoms with Gasteiger partial charge in [0.15, 0.2) is 0 Å². The Kier molecular flexibility index (Phi) is 3.41. The SMILES string of the molecule is Cn1c(=O)c(-c2ccc(C(=O)NC3CC3)cc2)nc2ccccc21. The van der Waals surface area contributed by atoms with Crippen molar-refractivity contribution in [3.63, 3.8) is 0 Å². The Labute approximate surface area is 139 Å². The highest BCUT2D eigenvalue weighted by molar-refractivity contribution is 5.95. The molecule has 5 heteroatoms. The zero-order chi connectivity index (χ0) is 16.7. The van der Waals surface area contributed by atoms with Crippen molar-refractivity contribution in [1.82, 2.24) is 14.9 Å². The van der Waals surface area contributed by atoms with Crippen molar-refractivity contribution in [2.45, 2.75) is 18.9 Å². The van der Waals surface area contributed by atoms with Crippen LogP contribution in [0.1, 0.15) is 23.2 Å². The van der Waals surface area contributed by atoms with Crippen LogP contribution in [0.15, 0.2) is 53.3 Å². The fourth-order valence-corrected chi connectivity index (χ4v) is 2.74. The van der Waals surface area contributed by atoms with Gasteiger partial charge in [-0.05, 0) is 37.1 Å². The molecule has 1 aromatic heterocycles. The van der Waals surface area contributed by atoms with Crippen LogP contribution < -0.4 is 10.9 Å². The van der Waals surface area contributed by atoms with E-state index in [0.717, 1.165) is 23.9 Å². The van der Waals surface area contributed by atoms with Gasteiger partial charge in [-0.1, -0.05) is 24.3 Å². The first kappa shape index (κ1) is 14.6. The van der Waals surface area contributed by atoms with Crippen molar-refractivity contribution in [3.8, 4) is 11.3 Å². The van der Waals surface area contributed by atoms with E-state index in [1.807, 2.05) is 24.3 Å². The van der Waals surface area contributed by atoms with Crippen molar-refractivity contribution in [2.24, 2.45) is 7.05 Å². The molecular formula is C19H17N3O2. The van der Waals surface area contributed by atoms with Crippen LogP contribution in [0.5, 0.6) is 0 Å². The first-order valence-corrected chi connectivity index (χ1v) is 8.00. The summed E-state index contributed by atoms with van der Waals surface area (Å²) in [6, 6.07) is 14.9. The Bertz CT molecular complexity index is 986. The fraction of sp³-hybridized carbons (Fsp3) is 0.211. The molecule has 1 fully saturated rings. The second-order valence-corrected chi connectivity index (χ2v) is 6.14. The summed E-state index contributed by atoms with van der Waals surface area (Å²) in [6.07, 6.45) is 2.11. The van der Waals surface area contributed by atoms with Gasteiger partial charge in [0.2, 0.25) is 0 Å². The maximum absolute atomic E-state index is 12.6. The van der Waals surface area contributed by atoms with Gasteiger partial charge >= 0.3 is 0 Å². The first-order chi connectivity index (χ1) is 11.6. The summed E-state index contributed by atoms with van der Waals surface area (Å²) in [6.45, 7) is 0. The fourth-order valence-electron chi connectivity index (χ4n) is 2.74. The summed E-state index contributed by atoms with van der Waals surface area (Å²) < 4.78 is 1.60. The van der Waals surface area contributed by atoms with E-state index >= 15 is 0 Å². The van der Waals surface area contributed by atoms with Crippen LogP contribution in [0.25, 0.3) is 22.3 Å². The zero-order valence-electron chi connectivity index (χ0n) is 13.3. The van der Waals surface area contributed by atoms with Gasteiger partial charge in [-0.15, -0.1) is 0 Å². The second kappa shape index (κ2) is 5.60. The molecule has 24 heavy (non-hydrogen) atoms. The number of aryl methyl sites for hydroxylation is 1. The summed E-state index contributed by atoms with van der Waals surface area (Å²) in [5.74, 6) is -0.0663. The van der Waals surface area contributed by atoms with Crippen LogP contribution >= 0.6 is 0 Å². The number of carbonyl (C=O) groups is 1. The molecule has 1 heterocycles. The number of hydrogen-bond donors (Lipinski definition) is 1. The van der Waals surface area contributed by atoms with E-state index in [1.54, 1.807) is 35.9 Å². The normalized spacial score (nSPS) is 13.9. The third-order valence-electron chi connectivity index (χ3n) is 4.32. The number of para-hydroxylation sites is 2. The molecule has 5 nitrogen and oxygen atoms in total. The summed E-state index contributed by atoms with van der Waals surface area (Å²) in [5.41, 5.74) is 3.12. The summed E-state index contributed by atoms with van der Waals surface area (Å²) in [7, 11) is 1.74. The number of aromatic nitrogens is 2. The topological polar surface area (TPSA) is 64.0 Å². The summed E-state index contributed by atoms with van der Waals surface area (Å²) >= 11 is 0. The number of benzene rings is 2. The van der Waals surface area contributed by atoms with Crippen LogP contribution in [-0.2, 0) is 7.05 Å². The molecule has 0 saturated heterocycles. The van der Waals surface area contributed by atoms with Gasteiger partial charge in [-0.25, -0.2) is 4.98 Å². The highest BCUT2D eigenvalue weighted by Gasteiger charge is 2.23. The zero-order valence-corrected chi connectivity index (χ0v) is 13.3. The van der Waals surface area contributed by atoms with Crippen LogP contribution in [0.2, 0.25) is 0 Å². The Morgan fingerprint density at radius 3 is 2.54 bits per heavy atom. The molecule has 1 amide bonds. The van der Waals surface area contributed by atoms with Gasteiger partial charge in [0, 0.05) is 24.2 Å². The van der Waals surface area contributed by atoms with Crippen LogP contribution in [-0.4, -0.2) is 21.5 Å². The lowest BCUT2D eigenvalue weighted by Crippen LogP contribution is -2.25. The van der Waals surface area contributed by atoms with Gasteiger partial charge in [-0.2, -0.15) is 0 Å². The molecule has 0 aliphatic heterocycles. The second-order valence-electron chi connectivity index (χ2n) is 6.14. The van der Waals surface area contributed by atoms with Gasteiger partial charge in [-0.3, -0.25) is 9.59 Å². The Morgan fingerprint density at radius 1 is 1.12 bits per heavy atom. The molecule has 3 aromatic rings. The largest absolute Gasteiger partial charge is 0.349 e. The quantitative estimate of drug-likeness (QED) is 0.807. The van der Waals surface area contributed by atoms with E-state index in [4.69, 9.17) is 0 Å². The number of nitrogens with one attached hydrogen (secondary N) is 1. The average molecular weight is 319 g/mol. The Morgan fingerprint density at radius 2 is 1.83 bits per heavy atom. The molecule has 1 saturated carbocycles. The number of hydrogen-bond acceptors (Lipinski definition) is 3. The maximum atomic E-state index is 12.6. The van der Waals surface area contributed by atoms with E-state index < -0.39 is 0 Å². The molecule has 1 aliphatic rings. The maximum Gasteiger partial charge on any atom is 0.277 e. The predicted octanol–water partition coefficient (Wildman–Crippen LogP) is 2.49. The summed E-state index contributed by atoms with van der Waals surface area (Å²) in [5, 5.41) is 2.95. The van der Waals surface area contributed by atoms with E-state index in [1.165, 1.54) is 0 Å². The monoisotopic (exact) mass is 319 g/mol. The lowest BCUT2D eigenvalue weighted by Gasteiger charge is -2.08. The molecule has 1 N–H and O–H groups in total. The number of rotatable bonds is 3. The molecule has 1 aliphatic carbocycles. The Hall–Kier alpha value is -2.95. The minimum Gasteiger partial charge on any atom is -0.349 e. The van der Waals surface area contributed by atoms with Crippen LogP contribution in [0.3, 0.4) is 0 Å². The molecule has 120 valence electrons. The molecule has 0 atom stereocenters. The summed E-state index contributed by atoms with van der Waals surface area (Å²) in [4.78, 5) is 29.1. The minimum atomic E-state index is -0.149. The minimum absolute atomic E-state index is 0.0663. The third-order valence-corrected chi connectivity index (χ3v) is 4.32. The molecular weight excluding hydrogens is 302 g/mol. The molecule has 0 unspecified atom stereocenters. The van der Waals surface area contributed by atoms with E-state index in [9.17, 15) is 9.59 Å². The molecule has 0 bridgehead atoms. The first-order valence-electron chi connectivity index (χ1n) is 8.00. The van der Waals surface area contributed by atoms with Crippen LogP contribution in [0.4, 0.5) is 0 Å². The molecule has 0 spiro atoms. The van der Waals surface area contributed by atoms with Crippen molar-refractivity contribution in [3.05, 3.63) is 64.4 Å². The van der Waals surface area contributed by atoms with E-state index in [2.05, 4.69) is 10.3 Å². The van der Waals surface area contributed by atoms with Gasteiger partial charge in [0.25, 0.3) is 11.5 Å². The molecule has 0 radical (unpaired) electrons. The number of amides is 1. The number of nitrogens with zero attached hydrogens (tertiary/aromatic N) is 2. The lowest BCUT2D eigenvalue weighted by molar-refractivity contribution is 0.0951. The smallest absolute Gasteiger partial charge is 0.277 e. The molecule has 4 rings (SSSR count). The number of carbonyl (C=O) groups excluding carboxylic acids is 1. The van der Waals surface area contributed by atoms with E-state index in [0.29, 0.717) is 22.9 Å². The van der Waals surface area contributed by atoms with Gasteiger partial charge < -0.3 is 9.88 Å². The highest BCUT2D eigenvalue weighted by Crippen LogP contribution is 2.21. The van der Waals surface area contributed by atoms with Crippen molar-refractivity contribution >= 4 is 16.9 Å². The standard InChI is InChI=1S/C19H17N3O2/c1-22-16-5-3-2-4-15(16)21-17(19(22)24)12-6-8-13(9-7-12)18(23)20-14-10-11-14/h2-9,14H,10-11H2,1H3,(H,20,23). The predicted molar refractivity (Wildman–Crippen MR) is 92.9 cm³/mol. The van der Waals surface area contributed by atoms with Gasteiger partial charge in [0.1, 0.15) is 5.69 Å². The number of fused-ring (bicyclic) bond motifs is 1. The van der Waals surface area contributed by atoms with E-state index in [-0.39, 0.29) is 11.5 Å². The van der Waals surface area contributed by atoms with Crippen LogP contribution in [0, 0.1) is 0 Å². The highest BCUT2D eigenvalue weighted by atomic mass is 16.1. The third kappa shape index (κ3) is 2.58. The molecule has 2 aromatic carbocycles. The Balaban J connectivity index is 1.73. The van der Waals surface area contributed by atoms with Crippen molar-refractivity contribution in [2.75, 3.05) is 0 Å². The lowest BCUT2D eigenvalue weighted by atomic mass is 10.1. The van der Waals surface area contributed by atoms with Crippen molar-refractivity contribution in [1.29, 1.82) is 0 Å². The van der Waals surface area contributed by atoms with Gasteiger partial charge in [0.05, 0.1) is 11.0 Å². The van der Waals surface area contributed by atoms with Crippen molar-refractivity contribution < 1.29 is 4.79 Å².